The topological polar surface area (TPSA) is 105 Å². The van der Waals surface area contributed by atoms with Crippen LogP contribution in [0.4, 0.5) is 0 Å². The van der Waals surface area contributed by atoms with Crippen LogP contribution in [0.5, 0.6) is 0 Å². The highest BCUT2D eigenvalue weighted by molar-refractivity contribution is 7.85. The molecule has 2 aromatic rings. The Morgan fingerprint density at radius 2 is 1.85 bits per heavy atom. The Hall–Kier alpha value is -2.79. The number of carboxylic acid groups (broad SMARTS) is 1. The third kappa shape index (κ3) is 9.63. The van der Waals surface area contributed by atoms with E-state index in [4.69, 9.17) is 17.0 Å². The molecule has 0 saturated carbocycles. The van der Waals surface area contributed by atoms with Crippen molar-refractivity contribution in [1.29, 1.82) is 5.41 Å². The van der Waals surface area contributed by atoms with Crippen molar-refractivity contribution in [2.45, 2.75) is 57.7 Å². The number of halogens is 1. The number of benzene rings is 1. The number of nitrogens with zero attached hydrogens (tertiary/aromatic N) is 3. The maximum absolute atomic E-state index is 12.9. The van der Waals surface area contributed by atoms with Gasteiger partial charge >= 0.3 is 5.97 Å². The number of hydrogen-bond acceptors (Lipinski definition) is 5. The summed E-state index contributed by atoms with van der Waals surface area (Å²) in [7, 11) is -0.152. The molecule has 224 valence electrons. The molecule has 2 unspecified atom stereocenters. The lowest BCUT2D eigenvalue weighted by atomic mass is 10.1. The van der Waals surface area contributed by atoms with Gasteiger partial charge in [0.1, 0.15) is 27.1 Å². The highest BCUT2D eigenvalue weighted by Crippen LogP contribution is 2.30. The molecule has 3 heterocycles. The van der Waals surface area contributed by atoms with Gasteiger partial charge in [-0.05, 0) is 50.5 Å². The van der Waals surface area contributed by atoms with Crippen molar-refractivity contribution in [1.82, 2.24) is 14.1 Å². The maximum atomic E-state index is 12.9. The molecule has 1 aromatic carbocycles. The summed E-state index contributed by atoms with van der Waals surface area (Å²) in [5, 5.41) is 17.7. The van der Waals surface area contributed by atoms with Crippen molar-refractivity contribution >= 4 is 57.7 Å². The van der Waals surface area contributed by atoms with Gasteiger partial charge in [-0.1, -0.05) is 68.3 Å². The van der Waals surface area contributed by atoms with Crippen LogP contribution in [-0.4, -0.2) is 80.4 Å². The summed E-state index contributed by atoms with van der Waals surface area (Å²) in [6.07, 6.45) is 7.68. The van der Waals surface area contributed by atoms with E-state index in [2.05, 4.69) is 24.0 Å². The Bertz CT molecular complexity index is 1290. The van der Waals surface area contributed by atoms with Crippen LogP contribution in [0.25, 0.3) is 6.08 Å². The van der Waals surface area contributed by atoms with E-state index in [1.165, 1.54) is 39.6 Å². The summed E-state index contributed by atoms with van der Waals surface area (Å²) in [6, 6.07) is 8.95. The van der Waals surface area contributed by atoms with Crippen LogP contribution in [0.15, 0.2) is 51.7 Å². The molecule has 41 heavy (non-hydrogen) atoms. The lowest BCUT2D eigenvalue weighted by Gasteiger charge is -2.35. The van der Waals surface area contributed by atoms with Gasteiger partial charge in [0.25, 0.3) is 0 Å². The molecule has 2 atom stereocenters. The van der Waals surface area contributed by atoms with Crippen LogP contribution >= 0.6 is 22.9 Å². The second kappa shape index (κ2) is 16.6. The van der Waals surface area contributed by atoms with E-state index in [-0.39, 0.29) is 19.0 Å². The molecule has 11 heteroatoms. The van der Waals surface area contributed by atoms with Crippen LogP contribution < -0.4 is 0 Å². The molecule has 0 spiro atoms. The first-order valence-corrected chi connectivity index (χ1v) is 16.0. The van der Waals surface area contributed by atoms with Gasteiger partial charge in [-0.2, -0.15) is 0 Å². The molecule has 2 saturated heterocycles. The zero-order chi connectivity index (χ0) is 30.7. The Labute approximate surface area is 255 Å². The average Bonchev–Trinajstić information content (AvgIpc) is 3.28. The summed E-state index contributed by atoms with van der Waals surface area (Å²) in [6.45, 7) is 12.0. The minimum atomic E-state index is -1.60. The zero-order valence-electron chi connectivity index (χ0n) is 24.6. The molecule has 1 amide bonds. The van der Waals surface area contributed by atoms with Gasteiger partial charge in [0.05, 0.1) is 6.54 Å². The smallest absolute Gasteiger partial charge is 0.327 e. The second-order valence-corrected chi connectivity index (χ2v) is 12.7. The van der Waals surface area contributed by atoms with Crippen molar-refractivity contribution in [2.75, 3.05) is 33.2 Å². The minimum Gasteiger partial charge on any atom is -0.480 e. The summed E-state index contributed by atoms with van der Waals surface area (Å²) < 4.78 is 14.8. The van der Waals surface area contributed by atoms with Crippen molar-refractivity contribution in [2.24, 2.45) is 0 Å². The first-order chi connectivity index (χ1) is 19.5. The molecular weight excluding hydrogens is 580 g/mol. The molecule has 0 bridgehead atoms. The molecule has 0 aliphatic carbocycles. The Balaban J connectivity index is 0.000000326. The van der Waals surface area contributed by atoms with Crippen LogP contribution in [0.3, 0.4) is 0 Å². The van der Waals surface area contributed by atoms with Gasteiger partial charge in [-0.3, -0.25) is 10.2 Å². The van der Waals surface area contributed by atoms with Gasteiger partial charge in [0.2, 0.25) is 5.91 Å². The number of aryl methyl sites for hydroxylation is 2. The lowest BCUT2D eigenvalue weighted by Crippen LogP contribution is -2.57. The fourth-order valence-electron chi connectivity index (χ4n) is 3.85. The van der Waals surface area contributed by atoms with Crippen LogP contribution in [0.2, 0.25) is 0 Å². The van der Waals surface area contributed by atoms with E-state index < -0.39 is 23.0 Å². The number of amides is 1. The fourth-order valence-corrected chi connectivity index (χ4v) is 6.87. The van der Waals surface area contributed by atoms with Crippen LogP contribution in [0, 0.1) is 19.3 Å². The lowest BCUT2D eigenvalue weighted by molar-refractivity contribution is -0.152. The van der Waals surface area contributed by atoms with E-state index >= 15 is 0 Å². The van der Waals surface area contributed by atoms with E-state index in [1.54, 1.807) is 6.07 Å². The van der Waals surface area contributed by atoms with Crippen molar-refractivity contribution in [3.63, 3.8) is 0 Å². The number of nitrogens with one attached hydrogen (secondary N) is 1. The Morgan fingerprint density at radius 3 is 2.39 bits per heavy atom. The highest BCUT2D eigenvalue weighted by Gasteiger charge is 2.37. The first kappa shape index (κ1) is 34.4. The largest absolute Gasteiger partial charge is 0.480 e. The molecule has 0 radical (unpaired) electrons. The van der Waals surface area contributed by atoms with Crippen molar-refractivity contribution in [3.05, 3.63) is 69.1 Å². The standard InChI is InChI=1S/C17H21ClN2O4S2.C11H14N2.C2H6/c1-4-5-6-12(18)8-14-11(2)7-16(25-14)26(24)20-9-13(17(22)23)19(3)15(21)10-20;1-9-3-5-10(6-4-9)11(12)13-7-2-8-13;1-2/h5-8,13H,4,9-10H2,1-3H3,(H,22,23);3-6,12H,2,7-8H2,1H3;1-2H3/b6-5-,12-8+;;. The van der Waals surface area contributed by atoms with Gasteiger partial charge in [0.15, 0.2) is 0 Å². The van der Waals surface area contributed by atoms with Crippen LogP contribution in [0.1, 0.15) is 55.2 Å². The predicted molar refractivity (Wildman–Crippen MR) is 170 cm³/mol. The quantitative estimate of drug-likeness (QED) is 0.228. The third-order valence-electron chi connectivity index (χ3n) is 6.45. The highest BCUT2D eigenvalue weighted by atomic mass is 35.5. The zero-order valence-corrected chi connectivity index (χ0v) is 27.0. The van der Waals surface area contributed by atoms with E-state index in [1.807, 2.05) is 58.1 Å². The number of carbonyl (C=O) groups excluding carboxylic acids is 1. The number of carbonyl (C=O) groups is 2. The third-order valence-corrected chi connectivity index (χ3v) is 9.55. The molecular formula is C30H41ClN4O4S2. The Kier molecular flexibility index (Phi) is 13.9. The second-order valence-electron chi connectivity index (χ2n) is 9.44. The fraction of sp³-hybridized carbons (Fsp3) is 0.433. The van der Waals surface area contributed by atoms with Crippen molar-refractivity contribution in [3.8, 4) is 0 Å². The number of thiophene rings is 1. The monoisotopic (exact) mass is 620 g/mol. The predicted octanol–water partition coefficient (Wildman–Crippen LogP) is 5.90. The number of allylic oxidation sites excluding steroid dienone is 3. The molecule has 4 rings (SSSR count). The van der Waals surface area contributed by atoms with Gasteiger partial charge in [0, 0.05) is 42.2 Å². The first-order valence-electron chi connectivity index (χ1n) is 13.7. The normalized spacial score (nSPS) is 18.2. The number of amidine groups is 1. The number of piperazine rings is 1. The number of hydrogen-bond donors (Lipinski definition) is 2. The molecule has 1 aromatic heterocycles. The number of likely N-dealkylation sites (N-methyl/N-ethyl adjacent to an activating group) is 1. The maximum Gasteiger partial charge on any atom is 0.327 e. The SMILES string of the molecule is CC.CC/C=C\C(Cl)=C/c1sc(S(=O)N2CC(=O)N(C)C(C(=O)O)C2)cc1C.Cc1ccc(C(=N)N2CCC2)cc1. The summed E-state index contributed by atoms with van der Waals surface area (Å²) in [4.78, 5) is 27.5. The number of carboxylic acids is 1. The van der Waals surface area contributed by atoms with Gasteiger partial charge < -0.3 is 14.9 Å². The summed E-state index contributed by atoms with van der Waals surface area (Å²) in [5.41, 5.74) is 3.21. The summed E-state index contributed by atoms with van der Waals surface area (Å²) >= 11 is 7.50. The van der Waals surface area contributed by atoms with E-state index in [0.29, 0.717) is 15.1 Å². The molecule has 2 aliphatic heterocycles. The number of rotatable bonds is 7. The number of aliphatic carboxylic acids is 1. The molecule has 2 fully saturated rings. The minimum absolute atomic E-state index is 0.0201. The van der Waals surface area contributed by atoms with E-state index in [9.17, 15) is 18.9 Å². The summed E-state index contributed by atoms with van der Waals surface area (Å²) in [5.74, 6) is -0.799. The Morgan fingerprint density at radius 1 is 1.22 bits per heavy atom. The van der Waals surface area contributed by atoms with Gasteiger partial charge in [-0.25, -0.2) is 13.3 Å². The van der Waals surface area contributed by atoms with Crippen molar-refractivity contribution < 1.29 is 18.9 Å². The molecule has 2 aliphatic rings. The molecule has 8 nitrogen and oxygen atoms in total. The van der Waals surface area contributed by atoms with E-state index in [0.717, 1.165) is 35.5 Å². The van der Waals surface area contributed by atoms with Crippen LogP contribution in [-0.2, 0) is 20.6 Å². The molecule has 2 N–H and O–H groups in total. The number of likely N-dealkylation sites (tertiary alicyclic amines) is 1. The van der Waals surface area contributed by atoms with Gasteiger partial charge in [-0.15, -0.1) is 11.3 Å². The average molecular weight is 621 g/mol.